The van der Waals surface area contributed by atoms with Gasteiger partial charge in [-0.3, -0.25) is 4.79 Å². The molecule has 1 heterocycles. The average molecular weight is 453 g/mol. The predicted octanol–water partition coefficient (Wildman–Crippen LogP) is 5.52. The second-order valence-corrected chi connectivity index (χ2v) is 7.31. The van der Waals surface area contributed by atoms with Crippen LogP contribution < -0.4 is 10.6 Å². The number of halogens is 2. The number of rotatable bonds is 4. The van der Waals surface area contributed by atoms with Gasteiger partial charge >= 0.3 is 0 Å². The normalized spacial score (nSPS) is 10.7. The van der Waals surface area contributed by atoms with Crippen molar-refractivity contribution in [2.45, 2.75) is 19.8 Å². The van der Waals surface area contributed by atoms with E-state index >= 15 is 0 Å². The number of aromatic nitrogens is 1. The molecule has 3 rings (SSSR count). The minimum Gasteiger partial charge on any atom is -0.436 e. The van der Waals surface area contributed by atoms with Gasteiger partial charge in [-0.15, -0.1) is 0 Å². The summed E-state index contributed by atoms with van der Waals surface area (Å²) in [5.41, 5.74) is 2.69. The maximum atomic E-state index is 11.6. The lowest BCUT2D eigenvalue weighted by Crippen LogP contribution is -2.33. The summed E-state index contributed by atoms with van der Waals surface area (Å²) in [4.78, 5) is 16.1. The van der Waals surface area contributed by atoms with Crippen LogP contribution >= 0.6 is 39.7 Å². The minimum absolute atomic E-state index is 0.112. The third-order valence-electron chi connectivity index (χ3n) is 3.53. The van der Waals surface area contributed by atoms with E-state index in [9.17, 15) is 4.79 Å². The fraction of sp³-hybridized carbons (Fsp3) is 0.167. The van der Waals surface area contributed by atoms with Crippen LogP contribution in [-0.4, -0.2) is 16.0 Å². The van der Waals surface area contributed by atoms with E-state index in [1.165, 1.54) is 0 Å². The van der Waals surface area contributed by atoms with Crippen molar-refractivity contribution in [1.82, 2.24) is 10.3 Å². The molecular formula is C18H15BrClN3O2S. The van der Waals surface area contributed by atoms with E-state index in [0.29, 0.717) is 39.7 Å². The molecule has 0 atom stereocenters. The summed E-state index contributed by atoms with van der Waals surface area (Å²) in [5, 5.41) is 6.42. The van der Waals surface area contributed by atoms with Gasteiger partial charge in [0.2, 0.25) is 11.8 Å². The summed E-state index contributed by atoms with van der Waals surface area (Å²) < 4.78 is 6.68. The number of hydrogen-bond donors (Lipinski definition) is 2. The number of nitrogens with one attached hydrogen (secondary N) is 2. The molecule has 0 spiro atoms. The van der Waals surface area contributed by atoms with Crippen molar-refractivity contribution in [3.63, 3.8) is 0 Å². The van der Waals surface area contributed by atoms with Crippen molar-refractivity contribution in [2.24, 2.45) is 0 Å². The van der Waals surface area contributed by atoms with Gasteiger partial charge in [0.1, 0.15) is 5.52 Å². The first-order chi connectivity index (χ1) is 12.5. The number of amides is 1. The average Bonchev–Trinajstić information content (AvgIpc) is 3.00. The smallest absolute Gasteiger partial charge is 0.228 e. The Morgan fingerprint density at radius 1 is 1.31 bits per heavy atom. The Bertz CT molecular complexity index is 990. The van der Waals surface area contributed by atoms with E-state index in [4.69, 9.17) is 28.2 Å². The quantitative estimate of drug-likeness (QED) is 0.510. The molecule has 0 fully saturated rings. The fourth-order valence-corrected chi connectivity index (χ4v) is 3.15. The van der Waals surface area contributed by atoms with E-state index in [2.05, 4.69) is 31.5 Å². The number of fused-ring (bicyclic) bond motifs is 1. The highest BCUT2D eigenvalue weighted by Crippen LogP contribution is 2.32. The maximum Gasteiger partial charge on any atom is 0.228 e. The van der Waals surface area contributed by atoms with Crippen LogP contribution in [0.15, 0.2) is 45.3 Å². The molecule has 8 heteroatoms. The SMILES string of the molecule is CCCC(=O)NC(=S)Nc1ccc2oc(-c3cc(Br)ccc3Cl)nc2c1. The zero-order chi connectivity index (χ0) is 18.7. The first-order valence-electron chi connectivity index (χ1n) is 7.93. The molecule has 0 aliphatic heterocycles. The lowest BCUT2D eigenvalue weighted by molar-refractivity contribution is -0.119. The molecule has 1 amide bonds. The van der Waals surface area contributed by atoms with Crippen LogP contribution in [-0.2, 0) is 4.79 Å². The van der Waals surface area contributed by atoms with Gasteiger partial charge in [-0.2, -0.15) is 0 Å². The van der Waals surface area contributed by atoms with Gasteiger partial charge < -0.3 is 15.1 Å². The maximum absolute atomic E-state index is 11.6. The number of nitrogens with zero attached hydrogens (tertiary/aromatic N) is 1. The van der Waals surface area contributed by atoms with Gasteiger partial charge in [-0.1, -0.05) is 34.5 Å². The van der Waals surface area contributed by atoms with Gasteiger partial charge in [0.05, 0.1) is 10.6 Å². The van der Waals surface area contributed by atoms with Crippen LogP contribution in [0.5, 0.6) is 0 Å². The highest BCUT2D eigenvalue weighted by molar-refractivity contribution is 9.10. The van der Waals surface area contributed by atoms with Crippen molar-refractivity contribution < 1.29 is 9.21 Å². The number of hydrogen-bond acceptors (Lipinski definition) is 4. The van der Waals surface area contributed by atoms with Gasteiger partial charge in [0.25, 0.3) is 0 Å². The largest absolute Gasteiger partial charge is 0.436 e. The number of anilines is 1. The number of oxazole rings is 1. The zero-order valence-corrected chi connectivity index (χ0v) is 17.0. The standard InChI is InChI=1S/C18H15BrClN3O2S/c1-2-3-16(24)23-18(26)21-11-5-7-15-14(9-11)22-17(25-15)12-8-10(19)4-6-13(12)20/h4-9H,2-3H2,1H3,(H2,21,23,24,26). The van der Waals surface area contributed by atoms with Gasteiger partial charge in [0, 0.05) is 16.6 Å². The second-order valence-electron chi connectivity index (χ2n) is 5.58. The molecule has 0 saturated heterocycles. The van der Waals surface area contributed by atoms with Crippen LogP contribution in [0, 0.1) is 0 Å². The molecule has 0 saturated carbocycles. The molecule has 26 heavy (non-hydrogen) atoms. The highest BCUT2D eigenvalue weighted by atomic mass is 79.9. The predicted molar refractivity (Wildman–Crippen MR) is 111 cm³/mol. The Labute approximate surface area is 169 Å². The molecule has 0 bridgehead atoms. The topological polar surface area (TPSA) is 67.2 Å². The molecule has 134 valence electrons. The minimum atomic E-state index is -0.112. The summed E-state index contributed by atoms with van der Waals surface area (Å²) in [6.45, 7) is 1.93. The summed E-state index contributed by atoms with van der Waals surface area (Å²) in [6, 6.07) is 10.9. The molecule has 5 nitrogen and oxygen atoms in total. The lowest BCUT2D eigenvalue weighted by atomic mass is 10.2. The van der Waals surface area contributed by atoms with Crippen LogP contribution in [0.1, 0.15) is 19.8 Å². The van der Waals surface area contributed by atoms with Crippen molar-refractivity contribution in [2.75, 3.05) is 5.32 Å². The summed E-state index contributed by atoms with van der Waals surface area (Å²) in [7, 11) is 0. The monoisotopic (exact) mass is 451 g/mol. The Hall–Kier alpha value is -1.96. The Balaban J connectivity index is 1.82. The van der Waals surface area contributed by atoms with Crippen LogP contribution in [0.4, 0.5) is 5.69 Å². The van der Waals surface area contributed by atoms with E-state index in [0.717, 1.165) is 10.9 Å². The van der Waals surface area contributed by atoms with Crippen LogP contribution in [0.3, 0.4) is 0 Å². The third kappa shape index (κ3) is 4.41. The first-order valence-corrected chi connectivity index (χ1v) is 9.51. The van der Waals surface area contributed by atoms with E-state index < -0.39 is 0 Å². The zero-order valence-electron chi connectivity index (χ0n) is 13.8. The number of carbonyl (C=O) groups is 1. The Kier molecular flexibility index (Phi) is 5.90. The second kappa shape index (κ2) is 8.16. The number of carbonyl (C=O) groups excluding carboxylic acids is 1. The van der Waals surface area contributed by atoms with Gasteiger partial charge in [0.15, 0.2) is 10.7 Å². The molecule has 3 aromatic rings. The molecule has 0 aliphatic carbocycles. The third-order valence-corrected chi connectivity index (χ3v) is 4.56. The summed E-state index contributed by atoms with van der Waals surface area (Å²) >= 11 is 14.8. The first kappa shape index (κ1) is 18.8. The fourth-order valence-electron chi connectivity index (χ4n) is 2.36. The Morgan fingerprint density at radius 2 is 2.12 bits per heavy atom. The van der Waals surface area contributed by atoms with E-state index in [1.54, 1.807) is 24.3 Å². The number of thiocarbonyl (C=S) groups is 1. The molecule has 1 aromatic heterocycles. The molecule has 0 radical (unpaired) electrons. The van der Waals surface area contributed by atoms with Crippen molar-refractivity contribution >= 4 is 67.6 Å². The molecule has 0 aliphatic rings. The molecule has 2 N–H and O–H groups in total. The van der Waals surface area contributed by atoms with Gasteiger partial charge in [-0.25, -0.2) is 4.98 Å². The summed E-state index contributed by atoms with van der Waals surface area (Å²) in [6.07, 6.45) is 1.20. The van der Waals surface area contributed by atoms with Crippen LogP contribution in [0.2, 0.25) is 5.02 Å². The van der Waals surface area contributed by atoms with E-state index in [1.807, 2.05) is 19.1 Å². The van der Waals surface area contributed by atoms with Gasteiger partial charge in [-0.05, 0) is 55.0 Å². The van der Waals surface area contributed by atoms with Crippen molar-refractivity contribution in [3.8, 4) is 11.5 Å². The van der Waals surface area contributed by atoms with Crippen LogP contribution in [0.25, 0.3) is 22.6 Å². The van der Waals surface area contributed by atoms with Crippen molar-refractivity contribution in [3.05, 3.63) is 45.9 Å². The number of benzene rings is 2. The van der Waals surface area contributed by atoms with Crippen molar-refractivity contribution in [1.29, 1.82) is 0 Å². The molecule has 2 aromatic carbocycles. The molecular weight excluding hydrogens is 438 g/mol. The lowest BCUT2D eigenvalue weighted by Gasteiger charge is -2.08. The Morgan fingerprint density at radius 3 is 2.88 bits per heavy atom. The highest BCUT2D eigenvalue weighted by Gasteiger charge is 2.13. The molecule has 0 unspecified atom stereocenters. The van der Waals surface area contributed by atoms with E-state index in [-0.39, 0.29) is 11.0 Å². The summed E-state index contributed by atoms with van der Waals surface area (Å²) in [5.74, 6) is 0.321.